The molecule has 1 aliphatic heterocycles. The molecule has 0 bridgehead atoms. The molecule has 0 radical (unpaired) electrons. The monoisotopic (exact) mass is 186 g/mol. The van der Waals surface area contributed by atoms with Crippen molar-refractivity contribution in [2.75, 3.05) is 6.54 Å². The van der Waals surface area contributed by atoms with Crippen LogP contribution < -0.4 is 5.73 Å². The lowest BCUT2D eigenvalue weighted by Gasteiger charge is -2.21. The van der Waals surface area contributed by atoms with Gasteiger partial charge in [0, 0.05) is 19.2 Å². The summed E-state index contributed by atoms with van der Waals surface area (Å²) in [5.41, 5.74) is 6.84. The number of hydrogen-bond donors (Lipinski definition) is 1. The molecule has 2 nitrogen and oxygen atoms in total. The Kier molecular flexibility index (Phi) is 2.46. The standard InChI is InChI=1S/C12H14N2/c13-10-12(7-4-8-14-12)9-11-5-2-1-3-6-11/h1-8H,9-10,13H2. The Hall–Kier alpha value is -1.41. The van der Waals surface area contributed by atoms with Gasteiger partial charge in [0.05, 0.1) is 5.54 Å². The van der Waals surface area contributed by atoms with Gasteiger partial charge in [0.2, 0.25) is 0 Å². The van der Waals surface area contributed by atoms with E-state index in [1.165, 1.54) is 5.56 Å². The second-order valence-corrected chi connectivity index (χ2v) is 3.61. The van der Waals surface area contributed by atoms with Crippen LogP contribution in [0.15, 0.2) is 47.5 Å². The van der Waals surface area contributed by atoms with Gasteiger partial charge < -0.3 is 5.73 Å². The molecular weight excluding hydrogens is 172 g/mol. The number of nitrogens with zero attached hydrogens (tertiary/aromatic N) is 1. The average Bonchev–Trinajstić information content (AvgIpc) is 2.69. The number of aliphatic imine (C=N–C) groups is 1. The van der Waals surface area contributed by atoms with E-state index in [4.69, 9.17) is 5.73 Å². The first-order valence-corrected chi connectivity index (χ1v) is 4.82. The summed E-state index contributed by atoms with van der Waals surface area (Å²) in [6.45, 7) is 0.564. The van der Waals surface area contributed by atoms with E-state index in [1.807, 2.05) is 30.5 Å². The van der Waals surface area contributed by atoms with Gasteiger partial charge in [0.1, 0.15) is 0 Å². The second kappa shape index (κ2) is 3.76. The molecule has 1 aromatic carbocycles. The summed E-state index contributed by atoms with van der Waals surface area (Å²) in [7, 11) is 0. The lowest BCUT2D eigenvalue weighted by molar-refractivity contribution is 0.550. The zero-order chi connectivity index (χ0) is 9.86. The summed E-state index contributed by atoms with van der Waals surface area (Å²) < 4.78 is 0. The number of hydrogen-bond acceptors (Lipinski definition) is 2. The first kappa shape index (κ1) is 9.16. The summed E-state index contributed by atoms with van der Waals surface area (Å²) in [4.78, 5) is 4.42. The molecule has 72 valence electrons. The van der Waals surface area contributed by atoms with E-state index in [0.717, 1.165) is 6.42 Å². The SMILES string of the molecule is NCC1(Cc2ccccc2)C=CC=N1. The van der Waals surface area contributed by atoms with Gasteiger partial charge in [-0.05, 0) is 11.6 Å². The molecule has 1 aromatic rings. The first-order valence-electron chi connectivity index (χ1n) is 4.82. The molecular formula is C12H14N2. The van der Waals surface area contributed by atoms with Crippen molar-refractivity contribution in [3.05, 3.63) is 48.0 Å². The molecule has 0 aliphatic carbocycles. The predicted molar refractivity (Wildman–Crippen MR) is 59.6 cm³/mol. The predicted octanol–water partition coefficient (Wildman–Crippen LogP) is 1.57. The second-order valence-electron chi connectivity index (χ2n) is 3.61. The minimum Gasteiger partial charge on any atom is -0.328 e. The van der Waals surface area contributed by atoms with Crippen molar-refractivity contribution in [3.63, 3.8) is 0 Å². The topological polar surface area (TPSA) is 38.4 Å². The molecule has 0 amide bonds. The molecule has 0 fully saturated rings. The Balaban J connectivity index is 2.17. The van der Waals surface area contributed by atoms with E-state index >= 15 is 0 Å². The molecule has 0 saturated carbocycles. The highest BCUT2D eigenvalue weighted by molar-refractivity contribution is 5.75. The molecule has 2 rings (SSSR count). The molecule has 1 atom stereocenters. The van der Waals surface area contributed by atoms with Crippen molar-refractivity contribution in [1.29, 1.82) is 0 Å². The lowest BCUT2D eigenvalue weighted by Crippen LogP contribution is -2.34. The van der Waals surface area contributed by atoms with Crippen LogP contribution >= 0.6 is 0 Å². The largest absolute Gasteiger partial charge is 0.328 e. The van der Waals surface area contributed by atoms with Crippen molar-refractivity contribution in [2.24, 2.45) is 10.7 Å². The number of nitrogens with two attached hydrogens (primary N) is 1. The van der Waals surface area contributed by atoms with Crippen LogP contribution in [0.2, 0.25) is 0 Å². The zero-order valence-electron chi connectivity index (χ0n) is 8.06. The maximum atomic E-state index is 5.75. The van der Waals surface area contributed by atoms with Crippen LogP contribution in [-0.4, -0.2) is 18.3 Å². The zero-order valence-corrected chi connectivity index (χ0v) is 8.06. The summed E-state index contributed by atoms with van der Waals surface area (Å²) in [6, 6.07) is 10.3. The quantitative estimate of drug-likeness (QED) is 0.764. The van der Waals surface area contributed by atoms with Gasteiger partial charge in [-0.3, -0.25) is 4.99 Å². The van der Waals surface area contributed by atoms with Crippen molar-refractivity contribution < 1.29 is 0 Å². The summed E-state index contributed by atoms with van der Waals surface area (Å²) >= 11 is 0. The van der Waals surface area contributed by atoms with Crippen LogP contribution in [-0.2, 0) is 6.42 Å². The molecule has 2 heteroatoms. The van der Waals surface area contributed by atoms with Crippen molar-refractivity contribution in [2.45, 2.75) is 12.0 Å². The Morgan fingerprint density at radius 2 is 2.00 bits per heavy atom. The van der Waals surface area contributed by atoms with Crippen LogP contribution in [0.4, 0.5) is 0 Å². The number of allylic oxidation sites excluding steroid dienone is 1. The van der Waals surface area contributed by atoms with E-state index in [2.05, 4.69) is 23.2 Å². The van der Waals surface area contributed by atoms with Gasteiger partial charge in [-0.25, -0.2) is 0 Å². The fraction of sp³-hybridized carbons (Fsp3) is 0.250. The number of rotatable bonds is 3. The lowest BCUT2D eigenvalue weighted by atomic mass is 9.92. The normalized spacial score (nSPS) is 24.4. The van der Waals surface area contributed by atoms with Gasteiger partial charge in [0.15, 0.2) is 0 Å². The first-order chi connectivity index (χ1) is 6.85. The fourth-order valence-corrected chi connectivity index (χ4v) is 1.70. The molecule has 2 N–H and O–H groups in total. The molecule has 0 spiro atoms. The van der Waals surface area contributed by atoms with Gasteiger partial charge >= 0.3 is 0 Å². The van der Waals surface area contributed by atoms with Gasteiger partial charge in [-0.15, -0.1) is 0 Å². The smallest absolute Gasteiger partial charge is 0.0952 e. The van der Waals surface area contributed by atoms with Crippen LogP contribution in [0, 0.1) is 0 Å². The molecule has 0 aromatic heterocycles. The maximum absolute atomic E-state index is 5.75. The van der Waals surface area contributed by atoms with Gasteiger partial charge in [-0.1, -0.05) is 36.4 Å². The molecule has 0 saturated heterocycles. The highest BCUT2D eigenvalue weighted by Gasteiger charge is 2.25. The van der Waals surface area contributed by atoms with Crippen LogP contribution in [0.25, 0.3) is 0 Å². The Bertz CT molecular complexity index is 340. The van der Waals surface area contributed by atoms with Crippen LogP contribution in [0.5, 0.6) is 0 Å². The molecule has 1 aliphatic rings. The van der Waals surface area contributed by atoms with Crippen molar-refractivity contribution in [1.82, 2.24) is 0 Å². The van der Waals surface area contributed by atoms with E-state index in [0.29, 0.717) is 6.54 Å². The van der Waals surface area contributed by atoms with E-state index in [9.17, 15) is 0 Å². The third-order valence-electron chi connectivity index (χ3n) is 2.53. The Morgan fingerprint density at radius 1 is 1.21 bits per heavy atom. The highest BCUT2D eigenvalue weighted by Crippen LogP contribution is 2.21. The summed E-state index contributed by atoms with van der Waals surface area (Å²) in [6.07, 6.45) is 6.77. The summed E-state index contributed by atoms with van der Waals surface area (Å²) in [5, 5.41) is 0. The highest BCUT2D eigenvalue weighted by atomic mass is 14.9. The maximum Gasteiger partial charge on any atom is 0.0952 e. The Morgan fingerprint density at radius 3 is 2.57 bits per heavy atom. The van der Waals surface area contributed by atoms with Crippen LogP contribution in [0.3, 0.4) is 0 Å². The van der Waals surface area contributed by atoms with Crippen LogP contribution in [0.1, 0.15) is 5.56 Å². The third kappa shape index (κ3) is 1.75. The van der Waals surface area contributed by atoms with Crippen molar-refractivity contribution in [3.8, 4) is 0 Å². The third-order valence-corrected chi connectivity index (χ3v) is 2.53. The summed E-state index contributed by atoms with van der Waals surface area (Å²) in [5.74, 6) is 0. The van der Waals surface area contributed by atoms with E-state index in [-0.39, 0.29) is 5.54 Å². The Labute approximate surface area is 84.2 Å². The fourth-order valence-electron chi connectivity index (χ4n) is 1.70. The van der Waals surface area contributed by atoms with Crippen molar-refractivity contribution >= 4 is 6.21 Å². The van der Waals surface area contributed by atoms with E-state index in [1.54, 1.807) is 0 Å². The average molecular weight is 186 g/mol. The van der Waals surface area contributed by atoms with E-state index < -0.39 is 0 Å². The molecule has 1 unspecified atom stereocenters. The minimum absolute atomic E-state index is 0.193. The number of benzene rings is 1. The minimum atomic E-state index is -0.193. The molecule has 14 heavy (non-hydrogen) atoms. The van der Waals surface area contributed by atoms with Gasteiger partial charge in [-0.2, -0.15) is 0 Å². The van der Waals surface area contributed by atoms with Gasteiger partial charge in [0.25, 0.3) is 0 Å². The molecule has 1 heterocycles.